The van der Waals surface area contributed by atoms with Crippen molar-refractivity contribution in [2.24, 2.45) is 0 Å². The quantitative estimate of drug-likeness (QED) is 0.688. The molecule has 0 bridgehead atoms. The van der Waals surface area contributed by atoms with Crippen molar-refractivity contribution in [2.45, 2.75) is 25.6 Å². The fourth-order valence-electron chi connectivity index (χ4n) is 3.17. The second-order valence-electron chi connectivity index (χ2n) is 6.56. The van der Waals surface area contributed by atoms with Gasteiger partial charge < -0.3 is 15.4 Å². The minimum absolute atomic E-state index is 0.0166. The second-order valence-corrected chi connectivity index (χ2v) is 6.56. The van der Waals surface area contributed by atoms with Crippen LogP contribution in [-0.2, 0) is 22.7 Å². The minimum Gasteiger partial charge on any atom is -0.497 e. The molecule has 0 spiro atoms. The number of nitrogens with zero attached hydrogens (tertiary/aromatic N) is 3. The monoisotopic (exact) mass is 389 g/mol. The second kappa shape index (κ2) is 9.32. The van der Waals surface area contributed by atoms with Crippen LogP contribution >= 0.6 is 0 Å². The highest BCUT2D eigenvalue weighted by Crippen LogP contribution is 2.20. The predicted molar refractivity (Wildman–Crippen MR) is 100 cm³/mol. The van der Waals surface area contributed by atoms with Crippen LogP contribution in [0.5, 0.6) is 5.75 Å². The third-order valence-corrected chi connectivity index (χ3v) is 4.68. The summed E-state index contributed by atoms with van der Waals surface area (Å²) in [4.78, 5) is 26.4. The van der Waals surface area contributed by atoms with Gasteiger partial charge in [-0.1, -0.05) is 6.07 Å². The van der Waals surface area contributed by atoms with Crippen molar-refractivity contribution >= 4 is 11.8 Å². The molecule has 2 heterocycles. The molecule has 2 N–H and O–H groups in total. The van der Waals surface area contributed by atoms with Crippen LogP contribution in [0.15, 0.2) is 36.7 Å². The molecule has 1 aliphatic heterocycles. The van der Waals surface area contributed by atoms with E-state index in [2.05, 4.69) is 15.7 Å². The van der Waals surface area contributed by atoms with Gasteiger partial charge in [-0.2, -0.15) is 5.10 Å². The lowest BCUT2D eigenvalue weighted by molar-refractivity contribution is -0.134. The Morgan fingerprint density at radius 1 is 1.46 bits per heavy atom. The van der Waals surface area contributed by atoms with Crippen LogP contribution in [0.3, 0.4) is 0 Å². The molecule has 1 aromatic heterocycles. The molecule has 28 heavy (non-hydrogen) atoms. The largest absolute Gasteiger partial charge is 0.497 e. The lowest BCUT2D eigenvalue weighted by Crippen LogP contribution is -2.56. The summed E-state index contributed by atoms with van der Waals surface area (Å²) in [6.07, 6.45) is 3.50. The van der Waals surface area contributed by atoms with Crippen molar-refractivity contribution in [3.8, 4) is 5.75 Å². The zero-order valence-electron chi connectivity index (χ0n) is 15.7. The fraction of sp³-hybridized carbons (Fsp3) is 0.421. The van der Waals surface area contributed by atoms with Crippen LogP contribution in [0.2, 0.25) is 0 Å². The summed E-state index contributed by atoms with van der Waals surface area (Å²) in [5.74, 6) is -0.407. The molecule has 0 radical (unpaired) electrons. The average molecular weight is 389 g/mol. The summed E-state index contributed by atoms with van der Waals surface area (Å²) in [6.45, 7) is 2.23. The number of carbonyl (C=O) groups is 2. The van der Waals surface area contributed by atoms with E-state index >= 15 is 0 Å². The highest BCUT2D eigenvalue weighted by atomic mass is 19.1. The Bertz CT molecular complexity index is 812. The first-order valence-corrected chi connectivity index (χ1v) is 9.15. The predicted octanol–water partition coefficient (Wildman–Crippen LogP) is 0.538. The third-order valence-electron chi connectivity index (χ3n) is 4.68. The van der Waals surface area contributed by atoms with Gasteiger partial charge in [-0.05, 0) is 12.1 Å². The van der Waals surface area contributed by atoms with Gasteiger partial charge in [-0.15, -0.1) is 0 Å². The van der Waals surface area contributed by atoms with Gasteiger partial charge in [0.2, 0.25) is 11.8 Å². The highest BCUT2D eigenvalue weighted by molar-refractivity contribution is 5.88. The fourth-order valence-corrected chi connectivity index (χ4v) is 3.17. The summed E-state index contributed by atoms with van der Waals surface area (Å²) in [5, 5.41) is 9.65. The third kappa shape index (κ3) is 5.07. The van der Waals surface area contributed by atoms with Gasteiger partial charge in [-0.3, -0.25) is 19.2 Å². The average Bonchev–Trinajstić information content (AvgIpc) is 3.19. The molecule has 0 aliphatic carbocycles. The van der Waals surface area contributed by atoms with Gasteiger partial charge in [0.15, 0.2) is 0 Å². The van der Waals surface area contributed by atoms with Crippen LogP contribution in [0.25, 0.3) is 0 Å². The summed E-state index contributed by atoms with van der Waals surface area (Å²) in [5.41, 5.74) is 0.458. The van der Waals surface area contributed by atoms with Crippen LogP contribution in [0.1, 0.15) is 12.0 Å². The molecular formula is C19H24FN5O3. The molecule has 1 aliphatic rings. The summed E-state index contributed by atoms with van der Waals surface area (Å²) in [6, 6.07) is 5.81. The zero-order chi connectivity index (χ0) is 19.9. The van der Waals surface area contributed by atoms with E-state index in [0.29, 0.717) is 37.5 Å². The van der Waals surface area contributed by atoms with Crippen molar-refractivity contribution in [2.75, 3.05) is 26.7 Å². The van der Waals surface area contributed by atoms with Crippen LogP contribution < -0.4 is 15.4 Å². The first-order valence-electron chi connectivity index (χ1n) is 9.15. The standard InChI is InChI=1S/C19H24FN5O3/c1-28-15-4-3-14(16(20)11-15)13-24-9-6-22-19(27)17(24)12-18(26)21-7-10-25-8-2-5-23-25/h2-5,8,11,17H,6-7,9-10,12-13H2,1H3,(H,21,26)(H,22,27). The van der Waals surface area contributed by atoms with Crippen molar-refractivity contribution < 1.29 is 18.7 Å². The number of rotatable bonds is 8. The molecular weight excluding hydrogens is 365 g/mol. The van der Waals surface area contributed by atoms with E-state index in [4.69, 9.17) is 4.74 Å². The van der Waals surface area contributed by atoms with E-state index in [1.54, 1.807) is 23.0 Å². The number of hydrogen-bond donors (Lipinski definition) is 2. The van der Waals surface area contributed by atoms with Gasteiger partial charge >= 0.3 is 0 Å². The van der Waals surface area contributed by atoms with E-state index in [1.165, 1.54) is 13.2 Å². The number of ether oxygens (including phenoxy) is 1. The van der Waals surface area contributed by atoms with Crippen LogP contribution in [0, 0.1) is 5.82 Å². The molecule has 2 aromatic rings. The van der Waals surface area contributed by atoms with E-state index in [-0.39, 0.29) is 24.8 Å². The van der Waals surface area contributed by atoms with Crippen molar-refractivity contribution in [3.05, 3.63) is 48.0 Å². The summed E-state index contributed by atoms with van der Waals surface area (Å²) < 4.78 is 21.0. The smallest absolute Gasteiger partial charge is 0.237 e. The Morgan fingerprint density at radius 2 is 2.32 bits per heavy atom. The molecule has 3 rings (SSSR count). The Balaban J connectivity index is 1.58. The number of methoxy groups -OCH3 is 1. The van der Waals surface area contributed by atoms with Crippen molar-refractivity contribution in [1.82, 2.24) is 25.3 Å². The Kier molecular flexibility index (Phi) is 6.59. The van der Waals surface area contributed by atoms with Crippen molar-refractivity contribution in [3.63, 3.8) is 0 Å². The van der Waals surface area contributed by atoms with Gasteiger partial charge in [0.25, 0.3) is 0 Å². The zero-order valence-corrected chi connectivity index (χ0v) is 15.7. The lowest BCUT2D eigenvalue weighted by Gasteiger charge is -2.34. The van der Waals surface area contributed by atoms with Gasteiger partial charge in [0, 0.05) is 50.2 Å². The van der Waals surface area contributed by atoms with Crippen molar-refractivity contribution in [1.29, 1.82) is 0 Å². The number of benzene rings is 1. The molecule has 1 saturated heterocycles. The minimum atomic E-state index is -0.639. The maximum atomic E-state index is 14.3. The maximum absolute atomic E-state index is 14.3. The SMILES string of the molecule is COc1ccc(CN2CCNC(=O)C2CC(=O)NCCn2cccn2)c(F)c1. The number of carbonyl (C=O) groups excluding carboxylic acids is 2. The van der Waals surface area contributed by atoms with Crippen LogP contribution in [0.4, 0.5) is 4.39 Å². The number of aromatic nitrogens is 2. The molecule has 1 atom stereocenters. The highest BCUT2D eigenvalue weighted by Gasteiger charge is 2.32. The molecule has 0 saturated carbocycles. The molecule has 1 unspecified atom stereocenters. The number of amides is 2. The van der Waals surface area contributed by atoms with E-state index < -0.39 is 11.9 Å². The first-order chi connectivity index (χ1) is 13.6. The number of nitrogens with one attached hydrogen (secondary N) is 2. The summed E-state index contributed by atoms with van der Waals surface area (Å²) >= 11 is 0. The molecule has 8 nitrogen and oxygen atoms in total. The molecule has 1 fully saturated rings. The van der Waals surface area contributed by atoms with E-state index in [9.17, 15) is 14.0 Å². The Labute approximate surface area is 162 Å². The molecule has 1 aromatic carbocycles. The first kappa shape index (κ1) is 19.8. The Morgan fingerprint density at radius 3 is 3.04 bits per heavy atom. The van der Waals surface area contributed by atoms with Gasteiger partial charge in [0.1, 0.15) is 11.6 Å². The number of hydrogen-bond acceptors (Lipinski definition) is 5. The summed E-state index contributed by atoms with van der Waals surface area (Å²) in [7, 11) is 1.48. The van der Waals surface area contributed by atoms with Gasteiger partial charge in [0.05, 0.1) is 26.1 Å². The normalized spacial score (nSPS) is 17.2. The number of halogens is 1. The molecule has 9 heteroatoms. The molecule has 2 amide bonds. The maximum Gasteiger partial charge on any atom is 0.237 e. The van der Waals surface area contributed by atoms with E-state index in [1.807, 2.05) is 17.2 Å². The lowest BCUT2D eigenvalue weighted by atomic mass is 10.1. The topological polar surface area (TPSA) is 88.5 Å². The Hall–Kier alpha value is -2.94. The van der Waals surface area contributed by atoms with E-state index in [0.717, 1.165) is 0 Å². The van der Waals surface area contributed by atoms with Crippen LogP contribution in [-0.4, -0.2) is 59.3 Å². The molecule has 150 valence electrons. The van der Waals surface area contributed by atoms with Gasteiger partial charge in [-0.25, -0.2) is 4.39 Å². The number of piperazine rings is 1.